The zero-order valence-corrected chi connectivity index (χ0v) is 18.4. The van der Waals surface area contributed by atoms with Crippen LogP contribution in [-0.4, -0.2) is 34.6 Å². The van der Waals surface area contributed by atoms with Crippen LogP contribution in [-0.2, 0) is 22.7 Å². The number of oxime groups is 1. The zero-order valence-electron chi connectivity index (χ0n) is 18.4. The number of halogens is 1. The van der Waals surface area contributed by atoms with Crippen molar-refractivity contribution < 1.29 is 23.2 Å². The van der Waals surface area contributed by atoms with Gasteiger partial charge in [0.1, 0.15) is 11.6 Å². The van der Waals surface area contributed by atoms with Crippen molar-refractivity contribution in [2.45, 2.75) is 44.5 Å². The monoisotopic (exact) mass is 461 g/mol. The lowest BCUT2D eigenvalue weighted by molar-refractivity contribution is -0.143. The molecule has 2 amide bonds. The van der Waals surface area contributed by atoms with Crippen LogP contribution in [0, 0.1) is 5.82 Å². The number of carbonyl (C=O) groups excluding carboxylic acids is 2. The highest BCUT2D eigenvalue weighted by Gasteiger charge is 2.33. The third-order valence-electron chi connectivity index (χ3n) is 5.84. The molecule has 1 fully saturated rings. The smallest absolute Gasteiger partial charge is 0.267 e. The number of hydrogen-bond donors (Lipinski definition) is 1. The van der Waals surface area contributed by atoms with Crippen LogP contribution in [0.25, 0.3) is 0 Å². The quantitative estimate of drug-likeness (QED) is 0.549. The molecule has 174 valence electrons. The van der Waals surface area contributed by atoms with Crippen LogP contribution in [0.15, 0.2) is 76.5 Å². The van der Waals surface area contributed by atoms with E-state index in [1.54, 1.807) is 47.6 Å². The summed E-state index contributed by atoms with van der Waals surface area (Å²) in [6, 6.07) is 17.1. The van der Waals surface area contributed by atoms with Gasteiger partial charge < -0.3 is 19.5 Å². The molecule has 1 aliphatic heterocycles. The molecule has 1 aliphatic carbocycles. The third-order valence-corrected chi connectivity index (χ3v) is 5.84. The Labute approximate surface area is 196 Å². The second kappa shape index (κ2) is 9.51. The van der Waals surface area contributed by atoms with Crippen LogP contribution < -0.4 is 5.32 Å². The topological polar surface area (TPSA) is 84.1 Å². The van der Waals surface area contributed by atoms with Crippen molar-refractivity contribution in [3.63, 3.8) is 0 Å². The van der Waals surface area contributed by atoms with E-state index in [-0.39, 0.29) is 30.6 Å². The Bertz CT molecular complexity index is 1200. The molecule has 1 atom stereocenters. The van der Waals surface area contributed by atoms with Gasteiger partial charge >= 0.3 is 0 Å². The molecule has 0 saturated heterocycles. The van der Waals surface area contributed by atoms with Crippen molar-refractivity contribution >= 4 is 17.5 Å². The van der Waals surface area contributed by atoms with Crippen LogP contribution >= 0.6 is 0 Å². The first-order chi connectivity index (χ1) is 16.5. The van der Waals surface area contributed by atoms with Crippen LogP contribution in [0.1, 0.15) is 46.5 Å². The summed E-state index contributed by atoms with van der Waals surface area (Å²) in [6.45, 7) is 0.560. The predicted molar refractivity (Wildman–Crippen MR) is 122 cm³/mol. The Morgan fingerprint density at radius 3 is 2.59 bits per heavy atom. The summed E-state index contributed by atoms with van der Waals surface area (Å²) in [5.74, 6) is -0.0669. The Morgan fingerprint density at radius 2 is 1.88 bits per heavy atom. The second-order valence-corrected chi connectivity index (χ2v) is 8.56. The van der Waals surface area contributed by atoms with Gasteiger partial charge in [-0.3, -0.25) is 9.59 Å². The SMILES string of the molecule is O=C(NC1CC1)c1ccc(CN(Cc2ccco2)C(=O)C2CC(c3cccc(F)c3)=NO2)cc1. The van der Waals surface area contributed by atoms with E-state index in [2.05, 4.69) is 10.5 Å². The van der Waals surface area contributed by atoms with E-state index in [1.807, 2.05) is 12.1 Å². The normalized spacial score (nSPS) is 17.1. The van der Waals surface area contributed by atoms with E-state index in [1.165, 1.54) is 12.1 Å². The van der Waals surface area contributed by atoms with Crippen molar-refractivity contribution in [2.24, 2.45) is 5.16 Å². The summed E-state index contributed by atoms with van der Waals surface area (Å²) >= 11 is 0. The maximum absolute atomic E-state index is 13.6. The Hall–Kier alpha value is -3.94. The Morgan fingerprint density at radius 1 is 1.06 bits per heavy atom. The first-order valence-corrected chi connectivity index (χ1v) is 11.2. The van der Waals surface area contributed by atoms with Gasteiger partial charge in [0.05, 0.1) is 18.5 Å². The summed E-state index contributed by atoms with van der Waals surface area (Å²) in [4.78, 5) is 32.7. The maximum Gasteiger partial charge on any atom is 0.267 e. The molecule has 0 spiro atoms. The average molecular weight is 461 g/mol. The maximum atomic E-state index is 13.6. The largest absolute Gasteiger partial charge is 0.467 e. The van der Waals surface area contributed by atoms with Gasteiger partial charge in [-0.2, -0.15) is 0 Å². The van der Waals surface area contributed by atoms with Crippen LogP contribution in [0.2, 0.25) is 0 Å². The number of hydrogen-bond acceptors (Lipinski definition) is 5. The minimum Gasteiger partial charge on any atom is -0.467 e. The Kier molecular flexibility index (Phi) is 6.12. The van der Waals surface area contributed by atoms with Crippen LogP contribution in [0.3, 0.4) is 0 Å². The lowest BCUT2D eigenvalue weighted by Gasteiger charge is -2.24. The fourth-order valence-electron chi connectivity index (χ4n) is 3.83. The highest BCUT2D eigenvalue weighted by atomic mass is 19.1. The minimum atomic E-state index is -0.808. The number of nitrogens with one attached hydrogen (secondary N) is 1. The van der Waals surface area contributed by atoms with E-state index < -0.39 is 6.10 Å². The average Bonchev–Trinajstić information content (AvgIpc) is 3.29. The summed E-state index contributed by atoms with van der Waals surface area (Å²) in [5, 5.41) is 7.00. The Balaban J connectivity index is 1.28. The molecule has 8 heteroatoms. The van der Waals surface area contributed by atoms with Gasteiger partial charge in [-0.05, 0) is 54.8 Å². The van der Waals surface area contributed by atoms with Gasteiger partial charge in [0, 0.05) is 30.1 Å². The minimum absolute atomic E-state index is 0.0843. The molecule has 2 aliphatic rings. The number of benzene rings is 2. The van der Waals surface area contributed by atoms with E-state index >= 15 is 0 Å². The van der Waals surface area contributed by atoms with Gasteiger partial charge in [-0.1, -0.05) is 29.4 Å². The highest BCUT2D eigenvalue weighted by Crippen LogP contribution is 2.22. The number of carbonyl (C=O) groups is 2. The standard InChI is InChI=1S/C26H24FN3O4/c27-20-4-1-3-19(13-20)23-14-24(34-29-23)26(32)30(16-22-5-2-12-33-22)15-17-6-8-18(9-7-17)25(31)28-21-10-11-21/h1-9,12-13,21,24H,10-11,14-16H2,(H,28,31). The molecule has 1 aromatic heterocycles. The second-order valence-electron chi connectivity index (χ2n) is 8.56. The van der Waals surface area contributed by atoms with Crippen molar-refractivity contribution in [1.29, 1.82) is 0 Å². The lowest BCUT2D eigenvalue weighted by atomic mass is 10.0. The van der Waals surface area contributed by atoms with E-state index in [0.717, 1.165) is 18.4 Å². The van der Waals surface area contributed by atoms with Gasteiger partial charge in [-0.25, -0.2) is 4.39 Å². The molecule has 0 radical (unpaired) electrons. The number of furan rings is 1. The number of rotatable bonds is 8. The summed E-state index contributed by atoms with van der Waals surface area (Å²) in [5.41, 5.74) is 2.58. The van der Waals surface area contributed by atoms with Gasteiger partial charge in [-0.15, -0.1) is 0 Å². The van der Waals surface area contributed by atoms with Gasteiger partial charge in [0.2, 0.25) is 6.10 Å². The molecule has 5 rings (SSSR count). The van der Waals surface area contributed by atoms with E-state index in [9.17, 15) is 14.0 Å². The van der Waals surface area contributed by atoms with E-state index in [4.69, 9.17) is 9.25 Å². The third kappa shape index (κ3) is 5.17. The summed E-state index contributed by atoms with van der Waals surface area (Å²) < 4.78 is 19.0. The molecule has 2 aromatic carbocycles. The predicted octanol–water partition coefficient (Wildman–Crippen LogP) is 4.03. The summed E-state index contributed by atoms with van der Waals surface area (Å²) in [7, 11) is 0. The molecular formula is C26H24FN3O4. The van der Waals surface area contributed by atoms with Crippen LogP contribution in [0.4, 0.5) is 4.39 Å². The first kappa shape index (κ1) is 21.9. The molecule has 7 nitrogen and oxygen atoms in total. The highest BCUT2D eigenvalue weighted by molar-refractivity contribution is 6.04. The molecule has 1 N–H and O–H groups in total. The molecular weight excluding hydrogens is 437 g/mol. The molecule has 1 saturated carbocycles. The lowest BCUT2D eigenvalue weighted by Crippen LogP contribution is -2.38. The van der Waals surface area contributed by atoms with Crippen molar-refractivity contribution in [2.75, 3.05) is 0 Å². The molecule has 1 unspecified atom stereocenters. The molecule has 0 bridgehead atoms. The van der Waals surface area contributed by atoms with Gasteiger partial charge in [0.15, 0.2) is 0 Å². The van der Waals surface area contributed by atoms with Crippen molar-refractivity contribution in [3.05, 3.63) is 95.2 Å². The number of nitrogens with zero attached hydrogens (tertiary/aromatic N) is 2. The zero-order chi connectivity index (χ0) is 23.5. The molecule has 2 heterocycles. The van der Waals surface area contributed by atoms with E-state index in [0.29, 0.717) is 35.2 Å². The number of amides is 2. The van der Waals surface area contributed by atoms with Crippen LogP contribution in [0.5, 0.6) is 0 Å². The molecule has 34 heavy (non-hydrogen) atoms. The van der Waals surface area contributed by atoms with Crippen molar-refractivity contribution in [1.82, 2.24) is 10.2 Å². The fourth-order valence-corrected chi connectivity index (χ4v) is 3.83. The van der Waals surface area contributed by atoms with Gasteiger partial charge in [0.25, 0.3) is 11.8 Å². The van der Waals surface area contributed by atoms with Crippen molar-refractivity contribution in [3.8, 4) is 0 Å². The first-order valence-electron chi connectivity index (χ1n) is 11.2. The summed E-state index contributed by atoms with van der Waals surface area (Å²) in [6.07, 6.45) is 3.06. The fraction of sp³-hybridized carbons (Fsp3) is 0.269. The molecule has 3 aromatic rings.